The Labute approximate surface area is 158 Å². The molecular formula is C20H33ClN2O2. The predicted octanol–water partition coefficient (Wildman–Crippen LogP) is 3.99. The largest absolute Gasteiger partial charge is 0.374 e. The van der Waals surface area contributed by atoms with E-state index in [1.807, 2.05) is 18.2 Å². The fraction of sp³-hybridized carbons (Fsp3) is 0.650. The Morgan fingerprint density at radius 2 is 1.92 bits per heavy atom. The van der Waals surface area contributed by atoms with E-state index in [9.17, 15) is 4.79 Å². The van der Waals surface area contributed by atoms with E-state index in [0.29, 0.717) is 26.1 Å². The lowest BCUT2D eigenvalue weighted by atomic mass is 9.71. The number of benzene rings is 1. The predicted molar refractivity (Wildman–Crippen MR) is 105 cm³/mol. The number of hydrogen-bond donors (Lipinski definition) is 2. The van der Waals surface area contributed by atoms with Gasteiger partial charge in [0.25, 0.3) is 0 Å². The van der Waals surface area contributed by atoms with Gasteiger partial charge in [0.15, 0.2) is 0 Å². The van der Waals surface area contributed by atoms with Crippen molar-refractivity contribution in [1.29, 1.82) is 0 Å². The van der Waals surface area contributed by atoms with E-state index >= 15 is 0 Å². The van der Waals surface area contributed by atoms with Crippen LogP contribution in [0.15, 0.2) is 30.3 Å². The first-order chi connectivity index (χ1) is 11.7. The number of halogens is 1. The first-order valence-electron chi connectivity index (χ1n) is 9.28. The molecule has 0 radical (unpaired) electrons. The molecule has 0 aliphatic heterocycles. The van der Waals surface area contributed by atoms with Crippen LogP contribution in [0.1, 0.15) is 63.5 Å². The highest BCUT2D eigenvalue weighted by Crippen LogP contribution is 2.38. The Morgan fingerprint density at radius 3 is 2.56 bits per heavy atom. The van der Waals surface area contributed by atoms with Crippen molar-refractivity contribution < 1.29 is 9.53 Å². The summed E-state index contributed by atoms with van der Waals surface area (Å²) in [5.74, 6) is 0.137. The van der Waals surface area contributed by atoms with Gasteiger partial charge in [0, 0.05) is 19.6 Å². The minimum atomic E-state index is 0. The van der Waals surface area contributed by atoms with Crippen molar-refractivity contribution in [3.05, 3.63) is 35.9 Å². The standard InChI is InChI=1S/C20H32N2O2.ClH/c1-17(18-9-4-2-5-10-18)24-14-8-13-22-19(23)15-20(16-21)11-6-3-7-12-20;/h2,4-5,9-10,17H,3,6-8,11-16,21H2,1H3,(H,22,23);1H. The fourth-order valence-electron chi connectivity index (χ4n) is 3.54. The van der Waals surface area contributed by atoms with E-state index in [1.165, 1.54) is 24.8 Å². The van der Waals surface area contributed by atoms with Gasteiger partial charge in [-0.1, -0.05) is 49.6 Å². The van der Waals surface area contributed by atoms with E-state index in [4.69, 9.17) is 10.5 Å². The maximum Gasteiger partial charge on any atom is 0.220 e. The summed E-state index contributed by atoms with van der Waals surface area (Å²) < 4.78 is 5.83. The van der Waals surface area contributed by atoms with Crippen LogP contribution in [0.5, 0.6) is 0 Å². The van der Waals surface area contributed by atoms with E-state index in [1.54, 1.807) is 0 Å². The molecular weight excluding hydrogens is 336 g/mol. The maximum absolute atomic E-state index is 12.2. The van der Waals surface area contributed by atoms with Crippen LogP contribution in [-0.2, 0) is 9.53 Å². The molecule has 1 amide bonds. The number of ether oxygens (including phenoxy) is 1. The summed E-state index contributed by atoms with van der Waals surface area (Å²) in [6.07, 6.45) is 7.36. The molecule has 1 unspecified atom stereocenters. The SMILES string of the molecule is CC(OCCCNC(=O)CC1(CN)CCCCC1)c1ccccc1.Cl. The van der Waals surface area contributed by atoms with Crippen LogP contribution in [0, 0.1) is 5.41 Å². The van der Waals surface area contributed by atoms with Crippen molar-refractivity contribution in [2.45, 2.75) is 58.0 Å². The number of hydrogen-bond acceptors (Lipinski definition) is 3. The van der Waals surface area contributed by atoms with Crippen molar-refractivity contribution in [1.82, 2.24) is 5.32 Å². The van der Waals surface area contributed by atoms with E-state index in [-0.39, 0.29) is 29.8 Å². The number of carbonyl (C=O) groups is 1. The van der Waals surface area contributed by atoms with Gasteiger partial charge in [0.05, 0.1) is 6.10 Å². The van der Waals surface area contributed by atoms with Gasteiger partial charge < -0.3 is 15.8 Å². The zero-order chi connectivity index (χ0) is 17.3. The third-order valence-corrected chi connectivity index (χ3v) is 5.16. The molecule has 0 aromatic heterocycles. The molecule has 25 heavy (non-hydrogen) atoms. The van der Waals surface area contributed by atoms with Crippen LogP contribution in [0.4, 0.5) is 0 Å². The van der Waals surface area contributed by atoms with Crippen LogP contribution < -0.4 is 11.1 Å². The highest BCUT2D eigenvalue weighted by atomic mass is 35.5. The van der Waals surface area contributed by atoms with Crippen molar-refractivity contribution >= 4 is 18.3 Å². The highest BCUT2D eigenvalue weighted by Gasteiger charge is 2.32. The fourth-order valence-corrected chi connectivity index (χ4v) is 3.54. The average molecular weight is 369 g/mol. The van der Waals surface area contributed by atoms with Gasteiger partial charge in [-0.15, -0.1) is 12.4 Å². The van der Waals surface area contributed by atoms with Crippen LogP contribution in [0.3, 0.4) is 0 Å². The van der Waals surface area contributed by atoms with Gasteiger partial charge in [0.1, 0.15) is 0 Å². The molecule has 1 aromatic rings. The molecule has 1 aromatic carbocycles. The van der Waals surface area contributed by atoms with Crippen LogP contribution in [0.2, 0.25) is 0 Å². The first-order valence-corrected chi connectivity index (χ1v) is 9.28. The number of nitrogens with two attached hydrogens (primary N) is 1. The average Bonchev–Trinajstić information content (AvgIpc) is 2.62. The lowest BCUT2D eigenvalue weighted by Crippen LogP contribution is -2.39. The van der Waals surface area contributed by atoms with Gasteiger partial charge in [-0.25, -0.2) is 0 Å². The maximum atomic E-state index is 12.2. The normalized spacial score (nSPS) is 17.4. The molecule has 1 fully saturated rings. The summed E-state index contributed by atoms with van der Waals surface area (Å²) in [6.45, 7) is 4.00. The molecule has 1 saturated carbocycles. The number of carbonyl (C=O) groups excluding carboxylic acids is 1. The quantitative estimate of drug-likeness (QED) is 0.647. The molecule has 4 nitrogen and oxygen atoms in total. The van der Waals surface area contributed by atoms with Crippen molar-refractivity contribution in [3.8, 4) is 0 Å². The molecule has 2 rings (SSSR count). The number of rotatable bonds is 9. The Balaban J connectivity index is 0.00000312. The molecule has 1 aliphatic rings. The van der Waals surface area contributed by atoms with Crippen molar-refractivity contribution in [2.24, 2.45) is 11.1 Å². The summed E-state index contributed by atoms with van der Waals surface area (Å²) in [6, 6.07) is 10.2. The Bertz CT molecular complexity index is 490. The highest BCUT2D eigenvalue weighted by molar-refractivity contribution is 5.85. The minimum Gasteiger partial charge on any atom is -0.374 e. The van der Waals surface area contributed by atoms with Gasteiger partial charge in [-0.2, -0.15) is 0 Å². The second-order valence-corrected chi connectivity index (χ2v) is 7.07. The Kier molecular flexibility index (Phi) is 10.1. The summed E-state index contributed by atoms with van der Waals surface area (Å²) in [5, 5.41) is 3.03. The second-order valence-electron chi connectivity index (χ2n) is 7.07. The molecule has 142 valence electrons. The number of amides is 1. The molecule has 0 spiro atoms. The summed E-state index contributed by atoms with van der Waals surface area (Å²) in [4.78, 5) is 12.2. The molecule has 0 saturated heterocycles. The van der Waals surface area contributed by atoms with Crippen molar-refractivity contribution in [2.75, 3.05) is 19.7 Å². The zero-order valence-electron chi connectivity index (χ0n) is 15.3. The summed E-state index contributed by atoms with van der Waals surface area (Å²) >= 11 is 0. The lowest BCUT2D eigenvalue weighted by Gasteiger charge is -2.35. The van der Waals surface area contributed by atoms with Gasteiger partial charge in [-0.3, -0.25) is 4.79 Å². The van der Waals surface area contributed by atoms with Gasteiger partial charge in [0.2, 0.25) is 5.91 Å². The van der Waals surface area contributed by atoms with E-state index in [0.717, 1.165) is 19.3 Å². The molecule has 1 aliphatic carbocycles. The first kappa shape index (κ1) is 21.9. The van der Waals surface area contributed by atoms with Gasteiger partial charge >= 0.3 is 0 Å². The summed E-state index contributed by atoms with van der Waals surface area (Å²) in [7, 11) is 0. The minimum absolute atomic E-state index is 0. The monoisotopic (exact) mass is 368 g/mol. The molecule has 3 N–H and O–H groups in total. The van der Waals surface area contributed by atoms with Gasteiger partial charge in [-0.05, 0) is 43.7 Å². The van der Waals surface area contributed by atoms with Crippen LogP contribution >= 0.6 is 12.4 Å². The third kappa shape index (κ3) is 7.35. The zero-order valence-corrected chi connectivity index (χ0v) is 16.2. The van der Waals surface area contributed by atoms with Crippen LogP contribution in [0.25, 0.3) is 0 Å². The second kappa shape index (κ2) is 11.5. The van der Waals surface area contributed by atoms with Crippen molar-refractivity contribution in [3.63, 3.8) is 0 Å². The topological polar surface area (TPSA) is 64.3 Å². The molecule has 5 heteroatoms. The molecule has 1 atom stereocenters. The Hall–Kier alpha value is -1.10. The molecule has 0 heterocycles. The van der Waals surface area contributed by atoms with Crippen LogP contribution in [-0.4, -0.2) is 25.6 Å². The smallest absolute Gasteiger partial charge is 0.220 e. The third-order valence-electron chi connectivity index (χ3n) is 5.16. The Morgan fingerprint density at radius 1 is 1.24 bits per heavy atom. The summed E-state index contributed by atoms with van der Waals surface area (Å²) in [5.41, 5.74) is 7.18. The lowest BCUT2D eigenvalue weighted by molar-refractivity contribution is -0.123. The molecule has 0 bridgehead atoms. The number of nitrogens with one attached hydrogen (secondary N) is 1. The van der Waals surface area contributed by atoms with E-state index < -0.39 is 0 Å². The van der Waals surface area contributed by atoms with E-state index in [2.05, 4.69) is 24.4 Å².